The van der Waals surface area contributed by atoms with E-state index in [0.29, 0.717) is 0 Å². The van der Waals surface area contributed by atoms with Crippen molar-refractivity contribution in [2.24, 2.45) is 4.99 Å². The maximum Gasteiger partial charge on any atom is 0.160 e. The quantitative estimate of drug-likeness (QED) is 0.385. The number of aliphatic imine (C=N–C) groups is 1. The minimum atomic E-state index is 0.0801. The fourth-order valence-corrected chi connectivity index (χ4v) is 2.07. The summed E-state index contributed by atoms with van der Waals surface area (Å²) in [5.74, 6) is 0. The van der Waals surface area contributed by atoms with E-state index in [0.717, 1.165) is 10.4 Å². The molecule has 0 aliphatic heterocycles. The van der Waals surface area contributed by atoms with E-state index in [4.69, 9.17) is 0 Å². The van der Waals surface area contributed by atoms with Crippen molar-refractivity contribution < 1.29 is 0 Å². The predicted molar refractivity (Wildman–Crippen MR) is 74.5 cm³/mol. The Bertz CT molecular complexity index is 325. The molecule has 1 aromatic rings. The van der Waals surface area contributed by atoms with Crippen molar-refractivity contribution in [1.82, 2.24) is 5.32 Å². The highest BCUT2D eigenvalue weighted by Gasteiger charge is 2.09. The summed E-state index contributed by atoms with van der Waals surface area (Å²) in [6.07, 6.45) is 0. The SMILES string of the molecule is CC(C)(C)NC(I)=NCc1ccccc1. The fraction of sp³-hybridized carbons (Fsp3) is 0.417. The molecule has 0 unspecified atom stereocenters. The number of rotatable bonds is 2. The Kier molecular flexibility index (Phi) is 4.57. The second-order valence-electron chi connectivity index (χ2n) is 4.47. The smallest absolute Gasteiger partial charge is 0.160 e. The van der Waals surface area contributed by atoms with Crippen molar-refractivity contribution >= 4 is 26.4 Å². The van der Waals surface area contributed by atoms with Crippen LogP contribution in [-0.2, 0) is 6.54 Å². The molecule has 0 aromatic heterocycles. The molecule has 1 rings (SSSR count). The van der Waals surface area contributed by atoms with E-state index < -0.39 is 0 Å². The maximum atomic E-state index is 4.47. The van der Waals surface area contributed by atoms with Gasteiger partial charge in [0.2, 0.25) is 0 Å². The molecule has 0 aliphatic carbocycles. The van der Waals surface area contributed by atoms with Crippen LogP contribution in [0.1, 0.15) is 26.3 Å². The van der Waals surface area contributed by atoms with Gasteiger partial charge in [-0.05, 0) is 48.9 Å². The Morgan fingerprint density at radius 2 is 1.87 bits per heavy atom. The lowest BCUT2D eigenvalue weighted by Crippen LogP contribution is -2.38. The molecule has 15 heavy (non-hydrogen) atoms. The lowest BCUT2D eigenvalue weighted by Gasteiger charge is -2.20. The standard InChI is InChI=1S/C12H17IN2/c1-12(2,3)15-11(13)14-9-10-7-5-4-6-8-10/h4-8H,9H2,1-3H3,(H,14,15). The molecule has 0 bridgehead atoms. The van der Waals surface area contributed by atoms with Crippen molar-refractivity contribution in [1.29, 1.82) is 0 Å². The van der Waals surface area contributed by atoms with Gasteiger partial charge in [0.15, 0.2) is 3.84 Å². The first-order valence-electron chi connectivity index (χ1n) is 4.99. The molecule has 0 heterocycles. The van der Waals surface area contributed by atoms with Crippen LogP contribution in [0, 0.1) is 0 Å². The number of nitrogens with one attached hydrogen (secondary N) is 1. The van der Waals surface area contributed by atoms with Crippen molar-refractivity contribution in [3.05, 3.63) is 35.9 Å². The van der Waals surface area contributed by atoms with Crippen LogP contribution in [-0.4, -0.2) is 9.38 Å². The van der Waals surface area contributed by atoms with Gasteiger partial charge in [0.1, 0.15) is 0 Å². The average Bonchev–Trinajstić information content (AvgIpc) is 2.14. The Labute approximate surface area is 105 Å². The lowest BCUT2D eigenvalue weighted by atomic mass is 10.1. The highest BCUT2D eigenvalue weighted by atomic mass is 127. The summed E-state index contributed by atoms with van der Waals surface area (Å²) in [6, 6.07) is 10.3. The van der Waals surface area contributed by atoms with Crippen molar-refractivity contribution in [2.45, 2.75) is 32.9 Å². The van der Waals surface area contributed by atoms with E-state index in [-0.39, 0.29) is 5.54 Å². The van der Waals surface area contributed by atoms with Crippen LogP contribution in [0.3, 0.4) is 0 Å². The van der Waals surface area contributed by atoms with Crippen molar-refractivity contribution in [2.75, 3.05) is 0 Å². The minimum absolute atomic E-state index is 0.0801. The average molecular weight is 316 g/mol. The molecule has 0 spiro atoms. The third-order valence-corrected chi connectivity index (χ3v) is 2.33. The van der Waals surface area contributed by atoms with E-state index in [1.807, 2.05) is 18.2 Å². The number of hydrogen-bond acceptors (Lipinski definition) is 1. The first-order valence-corrected chi connectivity index (χ1v) is 6.07. The van der Waals surface area contributed by atoms with Crippen LogP contribution in [0.5, 0.6) is 0 Å². The number of nitrogens with zero attached hydrogens (tertiary/aromatic N) is 1. The molecular weight excluding hydrogens is 299 g/mol. The minimum Gasteiger partial charge on any atom is -0.361 e. The second-order valence-corrected chi connectivity index (χ2v) is 5.49. The highest BCUT2D eigenvalue weighted by molar-refractivity contribution is 14.1. The number of benzene rings is 1. The van der Waals surface area contributed by atoms with E-state index in [2.05, 4.69) is 65.8 Å². The molecule has 0 fully saturated rings. The van der Waals surface area contributed by atoms with Gasteiger partial charge in [0.25, 0.3) is 0 Å². The Hall–Kier alpha value is -0.580. The van der Waals surface area contributed by atoms with Gasteiger partial charge in [0.05, 0.1) is 6.54 Å². The van der Waals surface area contributed by atoms with Gasteiger partial charge in [-0.1, -0.05) is 30.3 Å². The highest BCUT2D eigenvalue weighted by Crippen LogP contribution is 2.05. The molecule has 1 aromatic carbocycles. The van der Waals surface area contributed by atoms with Crippen LogP contribution in [0.25, 0.3) is 0 Å². The van der Waals surface area contributed by atoms with E-state index in [1.165, 1.54) is 5.56 Å². The van der Waals surface area contributed by atoms with E-state index in [1.54, 1.807) is 0 Å². The maximum absolute atomic E-state index is 4.47. The van der Waals surface area contributed by atoms with Gasteiger partial charge in [-0.15, -0.1) is 0 Å². The Morgan fingerprint density at radius 1 is 1.27 bits per heavy atom. The zero-order valence-corrected chi connectivity index (χ0v) is 11.6. The molecule has 0 amide bonds. The number of amidine groups is 1. The van der Waals surface area contributed by atoms with Gasteiger partial charge in [-0.3, -0.25) is 4.99 Å². The van der Waals surface area contributed by atoms with Crippen LogP contribution >= 0.6 is 22.6 Å². The summed E-state index contributed by atoms with van der Waals surface area (Å²) in [6.45, 7) is 7.12. The van der Waals surface area contributed by atoms with Crippen LogP contribution < -0.4 is 5.32 Å². The molecule has 0 radical (unpaired) electrons. The van der Waals surface area contributed by atoms with Gasteiger partial charge in [0, 0.05) is 5.54 Å². The Morgan fingerprint density at radius 3 is 2.40 bits per heavy atom. The topological polar surface area (TPSA) is 24.4 Å². The Balaban J connectivity index is 2.51. The van der Waals surface area contributed by atoms with E-state index in [9.17, 15) is 0 Å². The first-order chi connectivity index (χ1) is 6.97. The molecule has 2 nitrogen and oxygen atoms in total. The zero-order chi connectivity index (χ0) is 11.3. The summed E-state index contributed by atoms with van der Waals surface area (Å²) in [4.78, 5) is 4.47. The van der Waals surface area contributed by atoms with E-state index >= 15 is 0 Å². The number of hydrogen-bond donors (Lipinski definition) is 1. The normalized spacial score (nSPS) is 12.7. The lowest BCUT2D eigenvalue weighted by molar-refractivity contribution is 0.516. The van der Waals surface area contributed by atoms with Gasteiger partial charge in [-0.25, -0.2) is 0 Å². The molecule has 0 saturated heterocycles. The first kappa shape index (κ1) is 12.5. The molecule has 1 N–H and O–H groups in total. The van der Waals surface area contributed by atoms with Gasteiger partial charge >= 0.3 is 0 Å². The number of halogens is 1. The largest absolute Gasteiger partial charge is 0.361 e. The monoisotopic (exact) mass is 316 g/mol. The zero-order valence-electron chi connectivity index (χ0n) is 9.42. The summed E-state index contributed by atoms with van der Waals surface area (Å²) < 4.78 is 0.962. The fourth-order valence-electron chi connectivity index (χ4n) is 1.09. The molecule has 0 atom stereocenters. The molecule has 3 heteroatoms. The summed E-state index contributed by atoms with van der Waals surface area (Å²) in [7, 11) is 0. The molecule has 0 saturated carbocycles. The third-order valence-electron chi connectivity index (χ3n) is 1.72. The second kappa shape index (κ2) is 5.49. The van der Waals surface area contributed by atoms with Gasteiger partial charge in [-0.2, -0.15) is 0 Å². The summed E-state index contributed by atoms with van der Waals surface area (Å²) in [5, 5.41) is 3.33. The predicted octanol–water partition coefficient (Wildman–Crippen LogP) is 3.37. The van der Waals surface area contributed by atoms with Gasteiger partial charge < -0.3 is 5.32 Å². The molecule has 0 aliphatic rings. The summed E-state index contributed by atoms with van der Waals surface area (Å²) >= 11 is 2.23. The molecular formula is C12H17IN2. The van der Waals surface area contributed by atoms with Crippen LogP contribution in [0.15, 0.2) is 35.3 Å². The van der Waals surface area contributed by atoms with Crippen LogP contribution in [0.2, 0.25) is 0 Å². The third kappa shape index (κ3) is 5.77. The molecule has 82 valence electrons. The van der Waals surface area contributed by atoms with Crippen molar-refractivity contribution in [3.8, 4) is 0 Å². The van der Waals surface area contributed by atoms with Crippen LogP contribution in [0.4, 0.5) is 0 Å². The van der Waals surface area contributed by atoms with Crippen molar-refractivity contribution in [3.63, 3.8) is 0 Å². The summed E-state index contributed by atoms with van der Waals surface area (Å²) in [5.41, 5.74) is 1.32.